The molecule has 1 N–H and O–H groups in total. The summed E-state index contributed by atoms with van der Waals surface area (Å²) >= 11 is 0. The van der Waals surface area contributed by atoms with Gasteiger partial charge in [-0.25, -0.2) is 9.78 Å². The van der Waals surface area contributed by atoms with Crippen molar-refractivity contribution in [1.29, 1.82) is 0 Å². The summed E-state index contributed by atoms with van der Waals surface area (Å²) in [6.07, 6.45) is 1.55. The number of aromatic nitrogens is 2. The number of aromatic carboxylic acids is 1. The molecule has 0 radical (unpaired) electrons. The maximum absolute atomic E-state index is 11.2. The van der Waals surface area contributed by atoms with Gasteiger partial charge in [0.15, 0.2) is 0 Å². The molecule has 3 rings (SSSR count). The second-order valence-corrected chi connectivity index (χ2v) is 4.58. The lowest BCUT2D eigenvalue weighted by Crippen LogP contribution is -2.03. The van der Waals surface area contributed by atoms with Crippen LogP contribution in [0.2, 0.25) is 0 Å². The van der Waals surface area contributed by atoms with Crippen molar-refractivity contribution in [2.45, 2.75) is 6.92 Å². The van der Waals surface area contributed by atoms with E-state index in [1.807, 2.05) is 24.3 Å². The Balaban J connectivity index is 2.02. The van der Waals surface area contributed by atoms with Crippen molar-refractivity contribution < 1.29 is 14.6 Å². The Morgan fingerprint density at radius 2 is 2.00 bits per heavy atom. The number of hydrogen-bond donors (Lipinski definition) is 1. The fourth-order valence-corrected chi connectivity index (χ4v) is 1.99. The minimum atomic E-state index is -1.08. The standard InChI is InChI=1S/C16H12N2O3/c1-10-6-7-13(16(19)20)15(18-10)21-12-8-11-4-2-3-5-14(11)17-9-12/h2-9H,1H3,(H,19,20). The summed E-state index contributed by atoms with van der Waals surface area (Å²) in [5.74, 6) is -0.555. The summed E-state index contributed by atoms with van der Waals surface area (Å²) in [6, 6.07) is 12.5. The third-order valence-corrected chi connectivity index (χ3v) is 3.01. The average molecular weight is 280 g/mol. The zero-order valence-electron chi connectivity index (χ0n) is 11.3. The van der Waals surface area contributed by atoms with Gasteiger partial charge < -0.3 is 9.84 Å². The van der Waals surface area contributed by atoms with Crippen molar-refractivity contribution in [2.24, 2.45) is 0 Å². The van der Waals surface area contributed by atoms with Gasteiger partial charge in [0.25, 0.3) is 0 Å². The molecule has 0 fully saturated rings. The number of para-hydroxylation sites is 1. The molecule has 0 spiro atoms. The molecule has 0 unspecified atom stereocenters. The van der Waals surface area contributed by atoms with Gasteiger partial charge in [-0.15, -0.1) is 0 Å². The number of benzene rings is 1. The van der Waals surface area contributed by atoms with Gasteiger partial charge in [0.2, 0.25) is 5.88 Å². The highest BCUT2D eigenvalue weighted by molar-refractivity contribution is 5.90. The van der Waals surface area contributed by atoms with E-state index in [0.717, 1.165) is 10.9 Å². The molecular formula is C16H12N2O3. The smallest absolute Gasteiger partial charge is 0.341 e. The summed E-state index contributed by atoms with van der Waals surface area (Å²) in [5, 5.41) is 10.1. The van der Waals surface area contributed by atoms with E-state index < -0.39 is 5.97 Å². The van der Waals surface area contributed by atoms with Crippen LogP contribution in [0.25, 0.3) is 10.9 Å². The second-order valence-electron chi connectivity index (χ2n) is 4.58. The summed E-state index contributed by atoms with van der Waals surface area (Å²) in [5.41, 5.74) is 1.55. The maximum atomic E-state index is 11.2. The molecule has 5 nitrogen and oxygen atoms in total. The Bertz CT molecular complexity index is 831. The third-order valence-electron chi connectivity index (χ3n) is 3.01. The highest BCUT2D eigenvalue weighted by Crippen LogP contribution is 2.25. The van der Waals surface area contributed by atoms with E-state index in [-0.39, 0.29) is 11.4 Å². The normalized spacial score (nSPS) is 10.5. The number of rotatable bonds is 3. The van der Waals surface area contributed by atoms with Crippen LogP contribution >= 0.6 is 0 Å². The first kappa shape index (κ1) is 13.1. The van der Waals surface area contributed by atoms with Crippen LogP contribution in [0.3, 0.4) is 0 Å². The SMILES string of the molecule is Cc1ccc(C(=O)O)c(Oc2cnc3ccccc3c2)n1. The highest BCUT2D eigenvalue weighted by Gasteiger charge is 2.14. The molecule has 0 aliphatic rings. The van der Waals surface area contributed by atoms with Crippen molar-refractivity contribution in [3.05, 3.63) is 59.9 Å². The van der Waals surface area contributed by atoms with Crippen LogP contribution in [0.4, 0.5) is 0 Å². The van der Waals surface area contributed by atoms with Gasteiger partial charge in [-0.3, -0.25) is 4.98 Å². The molecule has 0 amide bonds. The second kappa shape index (κ2) is 5.20. The van der Waals surface area contributed by atoms with Crippen molar-refractivity contribution in [3.63, 3.8) is 0 Å². The van der Waals surface area contributed by atoms with Gasteiger partial charge in [-0.1, -0.05) is 18.2 Å². The number of ether oxygens (including phenoxy) is 1. The largest absolute Gasteiger partial charge is 0.477 e. The van der Waals surface area contributed by atoms with E-state index >= 15 is 0 Å². The van der Waals surface area contributed by atoms with E-state index in [9.17, 15) is 9.90 Å². The van der Waals surface area contributed by atoms with E-state index in [1.165, 1.54) is 6.07 Å². The molecule has 104 valence electrons. The number of fused-ring (bicyclic) bond motifs is 1. The zero-order valence-corrected chi connectivity index (χ0v) is 11.3. The van der Waals surface area contributed by atoms with Crippen LogP contribution in [0.15, 0.2) is 48.7 Å². The first-order valence-electron chi connectivity index (χ1n) is 6.37. The van der Waals surface area contributed by atoms with E-state index in [1.54, 1.807) is 25.3 Å². The number of carboxylic acid groups (broad SMARTS) is 1. The first-order chi connectivity index (χ1) is 10.1. The Kier molecular flexibility index (Phi) is 3.23. The van der Waals surface area contributed by atoms with Crippen molar-refractivity contribution in [3.8, 4) is 11.6 Å². The van der Waals surface area contributed by atoms with Crippen LogP contribution in [-0.4, -0.2) is 21.0 Å². The summed E-state index contributed by atoms with van der Waals surface area (Å²) in [4.78, 5) is 19.6. The molecule has 1 aromatic carbocycles. The van der Waals surface area contributed by atoms with Crippen LogP contribution in [0.1, 0.15) is 16.1 Å². The topological polar surface area (TPSA) is 72.3 Å². The lowest BCUT2D eigenvalue weighted by atomic mass is 10.2. The van der Waals surface area contributed by atoms with E-state index in [2.05, 4.69) is 9.97 Å². The Hall–Kier alpha value is -2.95. The number of hydrogen-bond acceptors (Lipinski definition) is 4. The van der Waals surface area contributed by atoms with Gasteiger partial charge in [0.05, 0.1) is 11.7 Å². The molecule has 2 heterocycles. The van der Waals surface area contributed by atoms with Gasteiger partial charge in [-0.05, 0) is 31.2 Å². The Morgan fingerprint density at radius 3 is 2.81 bits per heavy atom. The molecule has 0 aliphatic carbocycles. The average Bonchev–Trinajstić information content (AvgIpc) is 2.47. The number of pyridine rings is 2. The zero-order chi connectivity index (χ0) is 14.8. The Labute approximate surface area is 120 Å². The van der Waals surface area contributed by atoms with Crippen LogP contribution in [0.5, 0.6) is 11.6 Å². The third kappa shape index (κ3) is 2.67. The van der Waals surface area contributed by atoms with Crippen molar-refractivity contribution >= 4 is 16.9 Å². The number of aryl methyl sites for hydroxylation is 1. The lowest BCUT2D eigenvalue weighted by Gasteiger charge is -2.08. The molecule has 0 atom stereocenters. The Morgan fingerprint density at radius 1 is 1.19 bits per heavy atom. The molecule has 0 aliphatic heterocycles. The van der Waals surface area contributed by atoms with E-state index in [4.69, 9.17) is 4.74 Å². The van der Waals surface area contributed by atoms with Crippen LogP contribution < -0.4 is 4.74 Å². The monoisotopic (exact) mass is 280 g/mol. The molecule has 0 saturated heterocycles. The minimum absolute atomic E-state index is 0.0220. The molecule has 21 heavy (non-hydrogen) atoms. The fourth-order valence-electron chi connectivity index (χ4n) is 1.99. The fraction of sp³-hybridized carbons (Fsp3) is 0.0625. The maximum Gasteiger partial charge on any atom is 0.341 e. The summed E-state index contributed by atoms with van der Waals surface area (Å²) in [6.45, 7) is 1.77. The highest BCUT2D eigenvalue weighted by atomic mass is 16.5. The van der Waals surface area contributed by atoms with Gasteiger partial charge >= 0.3 is 5.97 Å². The minimum Gasteiger partial charge on any atom is -0.477 e. The predicted octanol–water partition coefficient (Wildman–Crippen LogP) is 3.43. The lowest BCUT2D eigenvalue weighted by molar-refractivity contribution is 0.0693. The first-order valence-corrected chi connectivity index (χ1v) is 6.37. The van der Waals surface area contributed by atoms with Gasteiger partial charge in [-0.2, -0.15) is 0 Å². The number of carboxylic acids is 1. The van der Waals surface area contributed by atoms with Crippen molar-refractivity contribution in [1.82, 2.24) is 9.97 Å². The predicted molar refractivity (Wildman–Crippen MR) is 77.8 cm³/mol. The van der Waals surface area contributed by atoms with Crippen LogP contribution in [-0.2, 0) is 0 Å². The number of carbonyl (C=O) groups is 1. The quantitative estimate of drug-likeness (QED) is 0.795. The van der Waals surface area contributed by atoms with Gasteiger partial charge in [0, 0.05) is 11.1 Å². The van der Waals surface area contributed by atoms with Crippen LogP contribution in [0, 0.1) is 6.92 Å². The molecule has 0 saturated carbocycles. The summed E-state index contributed by atoms with van der Waals surface area (Å²) in [7, 11) is 0. The van der Waals surface area contributed by atoms with Crippen molar-refractivity contribution in [2.75, 3.05) is 0 Å². The molecule has 5 heteroatoms. The molecule has 3 aromatic rings. The number of nitrogens with zero attached hydrogens (tertiary/aromatic N) is 2. The molecule has 0 bridgehead atoms. The van der Waals surface area contributed by atoms with Gasteiger partial charge in [0.1, 0.15) is 11.3 Å². The summed E-state index contributed by atoms with van der Waals surface area (Å²) < 4.78 is 5.61. The molecule has 2 aromatic heterocycles. The van der Waals surface area contributed by atoms with E-state index in [0.29, 0.717) is 11.4 Å². The molecular weight excluding hydrogens is 268 g/mol.